The average molecular weight is 286 g/mol. The van der Waals surface area contributed by atoms with Crippen molar-refractivity contribution in [1.82, 2.24) is 5.32 Å². The largest absolute Gasteiger partial charge is 0.389 e. The first kappa shape index (κ1) is 14.8. The first-order valence-corrected chi connectivity index (χ1v) is 7.34. The number of halogens is 2. The summed E-state index contributed by atoms with van der Waals surface area (Å²) >= 11 is 6.01. The zero-order valence-electron chi connectivity index (χ0n) is 11.1. The highest BCUT2D eigenvalue weighted by Gasteiger charge is 2.27. The second kappa shape index (κ2) is 6.69. The molecule has 1 aromatic rings. The molecule has 0 radical (unpaired) electrons. The van der Waals surface area contributed by atoms with E-state index >= 15 is 0 Å². The third-order valence-electron chi connectivity index (χ3n) is 3.81. The van der Waals surface area contributed by atoms with Crippen molar-refractivity contribution in [3.05, 3.63) is 34.6 Å². The Morgan fingerprint density at radius 1 is 1.21 bits per heavy atom. The summed E-state index contributed by atoms with van der Waals surface area (Å²) in [5.74, 6) is -0.283. The molecule has 0 saturated heterocycles. The van der Waals surface area contributed by atoms with Crippen molar-refractivity contribution in [1.29, 1.82) is 0 Å². The molecule has 2 nitrogen and oxygen atoms in total. The molecule has 2 N–H and O–H groups in total. The highest BCUT2D eigenvalue weighted by molar-refractivity contribution is 6.31. The van der Waals surface area contributed by atoms with Crippen molar-refractivity contribution in [3.63, 3.8) is 0 Å². The van der Waals surface area contributed by atoms with Gasteiger partial charge in [-0.15, -0.1) is 0 Å². The maximum absolute atomic E-state index is 13.1. The summed E-state index contributed by atoms with van der Waals surface area (Å²) in [5.41, 5.74) is 0.120. The molecule has 0 spiro atoms. The van der Waals surface area contributed by atoms with E-state index in [1.807, 2.05) is 0 Å². The van der Waals surface area contributed by atoms with Crippen LogP contribution in [0.15, 0.2) is 18.2 Å². The van der Waals surface area contributed by atoms with E-state index in [0.717, 1.165) is 31.2 Å². The molecular formula is C15H21ClFNO. The predicted molar refractivity (Wildman–Crippen MR) is 75.8 cm³/mol. The highest BCUT2D eigenvalue weighted by Crippen LogP contribution is 2.26. The first-order chi connectivity index (χ1) is 9.09. The lowest BCUT2D eigenvalue weighted by molar-refractivity contribution is 0.0250. The van der Waals surface area contributed by atoms with Crippen molar-refractivity contribution in [2.45, 2.75) is 50.7 Å². The molecule has 0 aromatic heterocycles. The molecule has 4 heteroatoms. The Hall–Kier alpha value is -0.640. The van der Waals surface area contributed by atoms with Crippen molar-refractivity contribution >= 4 is 11.6 Å². The van der Waals surface area contributed by atoms with Crippen LogP contribution < -0.4 is 5.32 Å². The number of hydrogen-bond donors (Lipinski definition) is 2. The fourth-order valence-electron chi connectivity index (χ4n) is 2.67. The summed E-state index contributed by atoms with van der Waals surface area (Å²) < 4.78 is 13.1. The fraction of sp³-hybridized carbons (Fsp3) is 0.600. The second-order valence-corrected chi connectivity index (χ2v) is 5.89. The smallest absolute Gasteiger partial charge is 0.123 e. The fourth-order valence-corrected chi connectivity index (χ4v) is 2.86. The van der Waals surface area contributed by atoms with E-state index in [-0.39, 0.29) is 5.82 Å². The Labute approximate surface area is 119 Å². The lowest BCUT2D eigenvalue weighted by Crippen LogP contribution is -2.39. The van der Waals surface area contributed by atoms with E-state index in [9.17, 15) is 9.50 Å². The number of nitrogens with one attached hydrogen (secondary N) is 1. The van der Waals surface area contributed by atoms with Crippen molar-refractivity contribution in [2.24, 2.45) is 0 Å². The van der Waals surface area contributed by atoms with Crippen molar-refractivity contribution in [2.75, 3.05) is 6.54 Å². The average Bonchev–Trinajstić information content (AvgIpc) is 2.59. The third kappa shape index (κ3) is 4.44. The molecule has 0 bridgehead atoms. The predicted octanol–water partition coefficient (Wildman–Crippen LogP) is 3.65. The molecule has 0 amide bonds. The normalized spacial score (nSPS) is 19.1. The molecule has 106 valence electrons. The lowest BCUT2D eigenvalue weighted by Gasteiger charge is -2.27. The number of aliphatic hydroxyl groups is 1. The maximum Gasteiger partial charge on any atom is 0.123 e. The molecular weight excluding hydrogens is 265 g/mol. The Balaban J connectivity index is 1.86. The topological polar surface area (TPSA) is 32.3 Å². The molecule has 1 saturated carbocycles. The van der Waals surface area contributed by atoms with Gasteiger partial charge in [0.1, 0.15) is 5.82 Å². The minimum atomic E-state index is -0.615. The van der Waals surface area contributed by atoms with Crippen LogP contribution in [-0.4, -0.2) is 17.3 Å². The molecule has 1 aliphatic rings. The van der Waals surface area contributed by atoms with Crippen molar-refractivity contribution < 1.29 is 9.50 Å². The van der Waals surface area contributed by atoms with Gasteiger partial charge in [0, 0.05) is 18.1 Å². The second-order valence-electron chi connectivity index (χ2n) is 5.48. The highest BCUT2D eigenvalue weighted by atomic mass is 35.5. The molecule has 0 heterocycles. The summed E-state index contributed by atoms with van der Waals surface area (Å²) in [7, 11) is 0. The SMILES string of the molecule is OC1(CNCc2cc(F)ccc2Cl)CCCCCC1. The number of hydrogen-bond acceptors (Lipinski definition) is 2. The molecule has 1 aromatic carbocycles. The summed E-state index contributed by atoms with van der Waals surface area (Å²) in [5, 5.41) is 14.2. The molecule has 2 rings (SSSR count). The Bertz CT molecular complexity index is 417. The zero-order chi connectivity index (χ0) is 13.7. The third-order valence-corrected chi connectivity index (χ3v) is 4.18. The minimum Gasteiger partial charge on any atom is -0.389 e. The van der Waals surface area contributed by atoms with Gasteiger partial charge in [0.05, 0.1) is 5.60 Å². The van der Waals surface area contributed by atoms with Gasteiger partial charge in [0.25, 0.3) is 0 Å². The van der Waals surface area contributed by atoms with E-state index in [1.54, 1.807) is 6.07 Å². The monoisotopic (exact) mass is 285 g/mol. The van der Waals surface area contributed by atoms with Crippen LogP contribution in [0.3, 0.4) is 0 Å². The van der Waals surface area contributed by atoms with Crippen LogP contribution in [0.25, 0.3) is 0 Å². The van der Waals surface area contributed by atoms with E-state index < -0.39 is 5.60 Å². The van der Waals surface area contributed by atoms with E-state index in [2.05, 4.69) is 5.32 Å². The van der Waals surface area contributed by atoms with Crippen LogP contribution in [0.4, 0.5) is 4.39 Å². The van der Waals surface area contributed by atoms with Crippen LogP contribution >= 0.6 is 11.6 Å². The van der Waals surface area contributed by atoms with Gasteiger partial charge in [-0.1, -0.05) is 37.3 Å². The van der Waals surface area contributed by atoms with Crippen LogP contribution in [-0.2, 0) is 6.54 Å². The zero-order valence-corrected chi connectivity index (χ0v) is 11.8. The van der Waals surface area contributed by atoms with E-state index in [4.69, 9.17) is 11.6 Å². The molecule has 0 atom stereocenters. The van der Waals surface area contributed by atoms with E-state index in [0.29, 0.717) is 18.1 Å². The molecule has 0 aliphatic heterocycles. The van der Waals surface area contributed by atoms with Gasteiger partial charge in [-0.2, -0.15) is 0 Å². The quantitative estimate of drug-likeness (QED) is 0.828. The Morgan fingerprint density at radius 3 is 2.58 bits per heavy atom. The van der Waals surface area contributed by atoms with Gasteiger partial charge in [-0.25, -0.2) is 4.39 Å². The van der Waals surface area contributed by atoms with Gasteiger partial charge in [0.15, 0.2) is 0 Å². The minimum absolute atomic E-state index is 0.283. The van der Waals surface area contributed by atoms with Crippen LogP contribution in [0.1, 0.15) is 44.1 Å². The summed E-state index contributed by atoms with van der Waals surface area (Å²) in [6, 6.07) is 4.35. The van der Waals surface area contributed by atoms with E-state index in [1.165, 1.54) is 25.0 Å². The molecule has 0 unspecified atom stereocenters. The maximum atomic E-state index is 13.1. The Morgan fingerprint density at radius 2 is 1.89 bits per heavy atom. The van der Waals surface area contributed by atoms with Crippen LogP contribution in [0, 0.1) is 5.82 Å². The van der Waals surface area contributed by atoms with Crippen LogP contribution in [0.2, 0.25) is 5.02 Å². The van der Waals surface area contributed by atoms with Gasteiger partial charge >= 0.3 is 0 Å². The van der Waals surface area contributed by atoms with Gasteiger partial charge in [-0.05, 0) is 36.6 Å². The summed E-state index contributed by atoms with van der Waals surface area (Å²) in [6.45, 7) is 1.03. The van der Waals surface area contributed by atoms with Gasteiger partial charge < -0.3 is 10.4 Å². The molecule has 1 fully saturated rings. The number of rotatable bonds is 4. The van der Waals surface area contributed by atoms with Crippen LogP contribution in [0.5, 0.6) is 0 Å². The Kier molecular flexibility index (Phi) is 5.20. The summed E-state index contributed by atoms with van der Waals surface area (Å²) in [6.07, 6.45) is 6.27. The summed E-state index contributed by atoms with van der Waals surface area (Å²) in [4.78, 5) is 0. The standard InChI is InChI=1S/C15H21ClFNO/c16-14-6-5-13(17)9-12(14)10-18-11-15(19)7-3-1-2-4-8-15/h5-6,9,18-19H,1-4,7-8,10-11H2. The number of benzene rings is 1. The molecule has 19 heavy (non-hydrogen) atoms. The van der Waals surface area contributed by atoms with Gasteiger partial charge in [0.2, 0.25) is 0 Å². The lowest BCUT2D eigenvalue weighted by atomic mass is 9.94. The first-order valence-electron chi connectivity index (χ1n) is 6.96. The van der Waals surface area contributed by atoms with Gasteiger partial charge in [-0.3, -0.25) is 0 Å². The molecule has 1 aliphatic carbocycles. The van der Waals surface area contributed by atoms with Crippen molar-refractivity contribution in [3.8, 4) is 0 Å².